The van der Waals surface area contributed by atoms with Crippen molar-refractivity contribution in [3.63, 3.8) is 0 Å². The van der Waals surface area contributed by atoms with Crippen LogP contribution in [0.5, 0.6) is 11.5 Å². The number of carbonyl (C=O) groups is 1. The molecule has 1 aromatic rings. The molecule has 0 atom stereocenters. The molecule has 0 heterocycles. The number of aromatic hydroxyl groups is 2. The van der Waals surface area contributed by atoms with Crippen molar-refractivity contribution in [3.8, 4) is 11.5 Å². The van der Waals surface area contributed by atoms with Crippen LogP contribution >= 0.6 is 0 Å². The second-order valence-corrected chi connectivity index (χ2v) is 6.97. The van der Waals surface area contributed by atoms with Crippen LogP contribution in [0.3, 0.4) is 0 Å². The van der Waals surface area contributed by atoms with Gasteiger partial charge in [-0.15, -0.1) is 0 Å². The summed E-state index contributed by atoms with van der Waals surface area (Å²) in [6.07, 6.45) is 12.6. The first-order valence-electron chi connectivity index (χ1n) is 9.59. The number of phenolic OH excluding ortho intramolecular Hbond substituents is 1. The topological polar surface area (TPSA) is 77.8 Å². The molecule has 0 spiro atoms. The van der Waals surface area contributed by atoms with E-state index in [1.807, 2.05) is 19.1 Å². The highest BCUT2D eigenvalue weighted by atomic mass is 16.4. The molecule has 0 aliphatic carbocycles. The highest BCUT2D eigenvalue weighted by Crippen LogP contribution is 2.36. The first-order valence-corrected chi connectivity index (χ1v) is 9.59. The third kappa shape index (κ3) is 6.97. The first kappa shape index (κ1) is 22.6. The van der Waals surface area contributed by atoms with E-state index in [0.29, 0.717) is 12.0 Å². The first-order chi connectivity index (χ1) is 12.8. The zero-order chi connectivity index (χ0) is 20.4. The summed E-state index contributed by atoms with van der Waals surface area (Å²) >= 11 is 0. The van der Waals surface area contributed by atoms with Gasteiger partial charge in [0.1, 0.15) is 17.1 Å². The maximum Gasteiger partial charge on any atom is 0.339 e. The largest absolute Gasteiger partial charge is 0.507 e. The summed E-state index contributed by atoms with van der Waals surface area (Å²) in [7, 11) is 0. The van der Waals surface area contributed by atoms with Gasteiger partial charge in [-0.25, -0.2) is 4.79 Å². The maximum atomic E-state index is 11.7. The van der Waals surface area contributed by atoms with Gasteiger partial charge >= 0.3 is 5.97 Å². The molecule has 27 heavy (non-hydrogen) atoms. The zero-order valence-corrected chi connectivity index (χ0v) is 16.9. The zero-order valence-electron chi connectivity index (χ0n) is 16.9. The van der Waals surface area contributed by atoms with Gasteiger partial charge in [0.15, 0.2) is 0 Å². The average molecular weight is 373 g/mol. The van der Waals surface area contributed by atoms with Gasteiger partial charge in [-0.3, -0.25) is 0 Å². The Hall–Kier alpha value is -2.49. The van der Waals surface area contributed by atoms with Crippen LogP contribution in [0.1, 0.15) is 81.3 Å². The van der Waals surface area contributed by atoms with Crippen LogP contribution in [0.2, 0.25) is 0 Å². The molecule has 3 N–H and O–H groups in total. The van der Waals surface area contributed by atoms with E-state index in [-0.39, 0.29) is 22.6 Å². The van der Waals surface area contributed by atoms with Crippen LogP contribution in [0.15, 0.2) is 35.4 Å². The molecule has 148 valence electrons. The van der Waals surface area contributed by atoms with E-state index in [4.69, 9.17) is 0 Å². The summed E-state index contributed by atoms with van der Waals surface area (Å²) in [5.41, 5.74) is 2.81. The van der Waals surface area contributed by atoms with E-state index in [2.05, 4.69) is 26.8 Å². The molecule has 4 heteroatoms. The summed E-state index contributed by atoms with van der Waals surface area (Å²) < 4.78 is 0. The van der Waals surface area contributed by atoms with Gasteiger partial charge in [0.25, 0.3) is 0 Å². The Labute approximate surface area is 162 Å². The molecule has 0 aromatic heterocycles. The molecular formula is C23H32O4. The minimum absolute atomic E-state index is 0.0972. The summed E-state index contributed by atoms with van der Waals surface area (Å²) in [6.45, 7) is 8.10. The second-order valence-electron chi connectivity index (χ2n) is 6.97. The number of rotatable bonds is 10. The fraction of sp³-hybridized carbons (Fsp3) is 0.435. The number of phenols is 2. The molecule has 1 aromatic carbocycles. The van der Waals surface area contributed by atoms with Crippen LogP contribution in [0, 0.1) is 0 Å². The Bertz CT molecular complexity index is 735. The molecule has 4 nitrogen and oxygen atoms in total. The number of aryl methyl sites for hydroxylation is 1. The molecule has 0 aliphatic rings. The van der Waals surface area contributed by atoms with Crippen LogP contribution in [0.25, 0.3) is 6.08 Å². The minimum Gasteiger partial charge on any atom is -0.507 e. The second kappa shape index (κ2) is 11.3. The Morgan fingerprint density at radius 2 is 1.89 bits per heavy atom. The van der Waals surface area contributed by atoms with Crippen molar-refractivity contribution in [1.29, 1.82) is 0 Å². The lowest BCUT2D eigenvalue weighted by Crippen LogP contribution is -2.04. The molecule has 1 rings (SSSR count). The normalized spacial score (nSPS) is 11.8. The van der Waals surface area contributed by atoms with Crippen molar-refractivity contribution in [2.45, 2.75) is 66.2 Å². The third-order valence-corrected chi connectivity index (χ3v) is 4.48. The predicted octanol–water partition coefficient (Wildman–Crippen LogP) is 6.23. The molecule has 0 saturated heterocycles. The molecular weight excluding hydrogens is 340 g/mol. The Morgan fingerprint density at radius 3 is 2.44 bits per heavy atom. The molecule has 0 amide bonds. The number of carboxylic acids is 1. The minimum atomic E-state index is -1.18. The highest BCUT2D eigenvalue weighted by Gasteiger charge is 2.21. The van der Waals surface area contributed by atoms with Gasteiger partial charge in [-0.1, -0.05) is 49.1 Å². The maximum absolute atomic E-state index is 11.7. The van der Waals surface area contributed by atoms with Gasteiger partial charge in [0.2, 0.25) is 0 Å². The number of hydrogen-bond acceptors (Lipinski definition) is 3. The lowest BCUT2D eigenvalue weighted by atomic mass is 9.96. The summed E-state index contributed by atoms with van der Waals surface area (Å²) in [4.78, 5) is 11.7. The number of allylic oxidation sites excluding steroid dienone is 5. The van der Waals surface area contributed by atoms with E-state index in [1.165, 1.54) is 11.6 Å². The van der Waals surface area contributed by atoms with Gasteiger partial charge in [0.05, 0.1) is 5.56 Å². The Kier molecular flexibility index (Phi) is 9.41. The Balaban J connectivity index is 3.15. The lowest BCUT2D eigenvalue weighted by Gasteiger charge is -2.12. The molecule has 0 aliphatic heterocycles. The highest BCUT2D eigenvalue weighted by molar-refractivity contribution is 5.95. The van der Waals surface area contributed by atoms with Crippen LogP contribution in [0.4, 0.5) is 0 Å². The molecule has 0 unspecified atom stereocenters. The van der Waals surface area contributed by atoms with Gasteiger partial charge in [-0.05, 0) is 64.2 Å². The van der Waals surface area contributed by atoms with Gasteiger partial charge < -0.3 is 15.3 Å². The van der Waals surface area contributed by atoms with E-state index in [0.717, 1.165) is 37.7 Å². The van der Waals surface area contributed by atoms with Gasteiger partial charge in [-0.2, -0.15) is 0 Å². The average Bonchev–Trinajstić information content (AvgIpc) is 2.59. The number of carboxylic acid groups (broad SMARTS) is 1. The SMILES string of the molecule is C/C=C(/C=C\c1c(O)cc(CCCCC)c(C(=O)O)c1O)CCC=C(C)C. The molecule has 0 saturated carbocycles. The quantitative estimate of drug-likeness (QED) is 0.258. The van der Waals surface area contributed by atoms with Crippen LogP contribution < -0.4 is 0 Å². The monoisotopic (exact) mass is 372 g/mol. The van der Waals surface area contributed by atoms with Crippen molar-refractivity contribution >= 4 is 12.0 Å². The van der Waals surface area contributed by atoms with Crippen molar-refractivity contribution in [1.82, 2.24) is 0 Å². The molecule has 0 fully saturated rings. The number of aromatic carboxylic acids is 1. The van der Waals surface area contributed by atoms with Crippen LogP contribution in [-0.2, 0) is 6.42 Å². The lowest BCUT2D eigenvalue weighted by molar-refractivity contribution is 0.0692. The van der Waals surface area contributed by atoms with Gasteiger partial charge in [0, 0.05) is 0 Å². The van der Waals surface area contributed by atoms with Crippen molar-refractivity contribution in [2.24, 2.45) is 0 Å². The Morgan fingerprint density at radius 1 is 1.19 bits per heavy atom. The number of hydrogen-bond donors (Lipinski definition) is 3. The van der Waals surface area contributed by atoms with Crippen LogP contribution in [-0.4, -0.2) is 21.3 Å². The van der Waals surface area contributed by atoms with E-state index in [9.17, 15) is 20.1 Å². The van der Waals surface area contributed by atoms with E-state index >= 15 is 0 Å². The number of benzene rings is 1. The summed E-state index contributed by atoms with van der Waals surface area (Å²) in [6, 6.07) is 1.47. The fourth-order valence-corrected chi connectivity index (χ4v) is 2.93. The smallest absolute Gasteiger partial charge is 0.339 e. The molecule has 0 radical (unpaired) electrons. The van der Waals surface area contributed by atoms with Crippen molar-refractivity contribution in [2.75, 3.05) is 0 Å². The summed E-state index contributed by atoms with van der Waals surface area (Å²) in [5.74, 6) is -1.64. The number of unbranched alkanes of at least 4 members (excludes halogenated alkanes) is 2. The van der Waals surface area contributed by atoms with Crippen molar-refractivity contribution < 1.29 is 20.1 Å². The third-order valence-electron chi connectivity index (χ3n) is 4.48. The predicted molar refractivity (Wildman–Crippen MR) is 111 cm³/mol. The fourth-order valence-electron chi connectivity index (χ4n) is 2.93. The van der Waals surface area contributed by atoms with E-state index < -0.39 is 5.97 Å². The van der Waals surface area contributed by atoms with E-state index in [1.54, 1.807) is 6.08 Å². The van der Waals surface area contributed by atoms with Crippen molar-refractivity contribution in [3.05, 3.63) is 52.1 Å². The standard InChI is InChI=1S/C23H32O4/c1-5-7-8-12-18-15-20(24)19(22(25)21(18)23(26)27)14-13-17(6-2)11-9-10-16(3)4/h6,10,13-15,24-25H,5,7-9,11-12H2,1-4H3,(H,26,27)/b14-13-,17-6+. The summed E-state index contributed by atoms with van der Waals surface area (Å²) in [5, 5.41) is 30.4. The molecule has 0 bridgehead atoms.